The van der Waals surface area contributed by atoms with E-state index in [1.54, 1.807) is 0 Å². The number of rotatable bonds is 3. The monoisotopic (exact) mass is 368 g/mol. The highest BCUT2D eigenvalue weighted by Crippen LogP contribution is 2.65. The van der Waals surface area contributed by atoms with E-state index < -0.39 is 5.60 Å². The van der Waals surface area contributed by atoms with Gasteiger partial charge in [0, 0.05) is 6.92 Å². The number of hydrogen-bond donors (Lipinski definition) is 1. The van der Waals surface area contributed by atoms with Gasteiger partial charge in [0.15, 0.2) is 0 Å². The Morgan fingerprint density at radius 3 is 2.74 bits per heavy atom. The molecule has 146 valence electrons. The zero-order chi connectivity index (χ0) is 19.4. The standard InChI is InChI=1S/C24H32O3/c1-15(2)14-24(26)12-10-22-21-7-5-17-13-18(27-16(3)25)6-8-19(17)20(21)9-11-23(22,24)4/h6,8,13,20-22,26H,1,5,7,9-12,14H2,2-4H3. The number of carbonyl (C=O) groups excluding carboxylic acids is 1. The lowest BCUT2D eigenvalue weighted by molar-refractivity contribution is -0.131. The Hall–Kier alpha value is -1.61. The van der Waals surface area contributed by atoms with Crippen LogP contribution in [0.25, 0.3) is 0 Å². The van der Waals surface area contributed by atoms with Crippen LogP contribution in [0.3, 0.4) is 0 Å². The van der Waals surface area contributed by atoms with Crippen molar-refractivity contribution in [3.8, 4) is 5.75 Å². The summed E-state index contributed by atoms with van der Waals surface area (Å²) in [5.74, 6) is 2.21. The average molecular weight is 369 g/mol. The molecule has 0 amide bonds. The van der Waals surface area contributed by atoms with Crippen molar-refractivity contribution < 1.29 is 14.6 Å². The van der Waals surface area contributed by atoms with E-state index in [4.69, 9.17) is 4.74 Å². The lowest BCUT2D eigenvalue weighted by Crippen LogP contribution is -2.50. The molecule has 3 aliphatic rings. The molecule has 1 aromatic carbocycles. The zero-order valence-corrected chi connectivity index (χ0v) is 16.9. The predicted molar refractivity (Wildman–Crippen MR) is 107 cm³/mol. The Morgan fingerprint density at radius 2 is 2.04 bits per heavy atom. The van der Waals surface area contributed by atoms with Crippen LogP contribution in [0.5, 0.6) is 5.75 Å². The number of benzene rings is 1. The number of hydrogen-bond acceptors (Lipinski definition) is 3. The molecule has 4 rings (SSSR count). The maximum absolute atomic E-state index is 11.5. The fourth-order valence-electron chi connectivity index (χ4n) is 6.69. The van der Waals surface area contributed by atoms with Gasteiger partial charge in [-0.3, -0.25) is 4.79 Å². The van der Waals surface area contributed by atoms with Crippen LogP contribution >= 0.6 is 0 Å². The molecule has 1 aromatic rings. The minimum atomic E-state index is -0.589. The summed E-state index contributed by atoms with van der Waals surface area (Å²) in [7, 11) is 0. The van der Waals surface area contributed by atoms with Crippen LogP contribution in [-0.4, -0.2) is 16.7 Å². The molecular weight excluding hydrogens is 336 g/mol. The van der Waals surface area contributed by atoms with E-state index in [1.165, 1.54) is 24.5 Å². The van der Waals surface area contributed by atoms with Crippen LogP contribution in [0.1, 0.15) is 76.3 Å². The van der Waals surface area contributed by atoms with E-state index >= 15 is 0 Å². The Balaban J connectivity index is 1.61. The molecule has 0 heterocycles. The molecule has 0 spiro atoms. The molecule has 27 heavy (non-hydrogen) atoms. The SMILES string of the molecule is C=C(C)CC1(O)CCC2C3CCc4cc(OC(C)=O)ccc4C3CCC21C. The molecule has 2 fully saturated rings. The van der Waals surface area contributed by atoms with E-state index in [9.17, 15) is 9.90 Å². The van der Waals surface area contributed by atoms with Crippen LogP contribution in [0, 0.1) is 17.3 Å². The Labute approximate surface area is 162 Å². The third-order valence-corrected chi connectivity index (χ3v) is 7.88. The summed E-state index contributed by atoms with van der Waals surface area (Å²) in [6, 6.07) is 6.19. The number of carbonyl (C=O) groups is 1. The summed E-state index contributed by atoms with van der Waals surface area (Å²) < 4.78 is 5.29. The normalized spacial score (nSPS) is 37.1. The molecule has 5 unspecified atom stereocenters. The van der Waals surface area contributed by atoms with Crippen molar-refractivity contribution >= 4 is 5.97 Å². The van der Waals surface area contributed by atoms with Crippen LogP contribution < -0.4 is 4.74 Å². The summed E-state index contributed by atoms with van der Waals surface area (Å²) >= 11 is 0. The van der Waals surface area contributed by atoms with Crippen molar-refractivity contribution in [2.45, 2.75) is 77.2 Å². The molecule has 3 nitrogen and oxygen atoms in total. The highest BCUT2D eigenvalue weighted by atomic mass is 16.5. The minimum absolute atomic E-state index is 0.00228. The molecule has 5 atom stereocenters. The van der Waals surface area contributed by atoms with Gasteiger partial charge in [-0.15, -0.1) is 6.58 Å². The number of fused-ring (bicyclic) bond motifs is 5. The molecule has 0 aliphatic heterocycles. The van der Waals surface area contributed by atoms with Gasteiger partial charge in [-0.25, -0.2) is 0 Å². The topological polar surface area (TPSA) is 46.5 Å². The van der Waals surface area contributed by atoms with E-state index in [-0.39, 0.29) is 11.4 Å². The maximum atomic E-state index is 11.5. The second-order valence-corrected chi connectivity index (χ2v) is 9.53. The van der Waals surface area contributed by atoms with Crippen molar-refractivity contribution in [3.63, 3.8) is 0 Å². The zero-order valence-electron chi connectivity index (χ0n) is 16.9. The third-order valence-electron chi connectivity index (χ3n) is 7.88. The lowest BCUT2D eigenvalue weighted by atomic mass is 9.53. The van der Waals surface area contributed by atoms with E-state index in [2.05, 4.69) is 25.6 Å². The first-order valence-electron chi connectivity index (χ1n) is 10.4. The van der Waals surface area contributed by atoms with Crippen LogP contribution in [0.4, 0.5) is 0 Å². The number of aryl methyl sites for hydroxylation is 1. The predicted octanol–water partition coefficient (Wildman–Crippen LogP) is 5.17. The first-order chi connectivity index (χ1) is 12.7. The average Bonchev–Trinajstić information content (AvgIpc) is 2.84. The molecule has 0 saturated heterocycles. The van der Waals surface area contributed by atoms with E-state index in [1.807, 2.05) is 13.0 Å². The molecule has 0 radical (unpaired) electrons. The van der Waals surface area contributed by atoms with Crippen molar-refractivity contribution in [3.05, 3.63) is 41.5 Å². The van der Waals surface area contributed by atoms with Gasteiger partial charge in [0.2, 0.25) is 0 Å². The van der Waals surface area contributed by atoms with Gasteiger partial charge in [0.05, 0.1) is 5.60 Å². The maximum Gasteiger partial charge on any atom is 0.308 e. The fourth-order valence-corrected chi connectivity index (χ4v) is 6.69. The molecular formula is C24H32O3. The molecule has 0 aromatic heterocycles. The summed E-state index contributed by atoms with van der Waals surface area (Å²) in [5, 5.41) is 11.5. The molecule has 3 aliphatic carbocycles. The van der Waals surface area contributed by atoms with Gasteiger partial charge in [-0.05, 0) is 98.3 Å². The van der Waals surface area contributed by atoms with Gasteiger partial charge < -0.3 is 9.84 Å². The van der Waals surface area contributed by atoms with Gasteiger partial charge >= 0.3 is 5.97 Å². The van der Waals surface area contributed by atoms with Crippen LogP contribution in [0.2, 0.25) is 0 Å². The van der Waals surface area contributed by atoms with Crippen molar-refractivity contribution in [1.29, 1.82) is 0 Å². The first kappa shape index (κ1) is 18.7. The highest BCUT2D eigenvalue weighted by molar-refractivity contribution is 5.69. The van der Waals surface area contributed by atoms with Crippen molar-refractivity contribution in [2.24, 2.45) is 17.3 Å². The summed E-state index contributed by atoms with van der Waals surface area (Å²) in [4.78, 5) is 11.3. The smallest absolute Gasteiger partial charge is 0.308 e. The number of ether oxygens (including phenoxy) is 1. The first-order valence-corrected chi connectivity index (χ1v) is 10.4. The summed E-state index contributed by atoms with van der Waals surface area (Å²) in [6.45, 7) is 9.90. The summed E-state index contributed by atoms with van der Waals surface area (Å²) in [5.41, 5.74) is 3.29. The fraction of sp³-hybridized carbons (Fsp3) is 0.625. The van der Waals surface area contributed by atoms with Crippen molar-refractivity contribution in [2.75, 3.05) is 0 Å². The number of aliphatic hydroxyl groups is 1. The quantitative estimate of drug-likeness (QED) is 0.455. The van der Waals surface area contributed by atoms with E-state index in [0.717, 1.165) is 44.1 Å². The molecule has 0 bridgehead atoms. The van der Waals surface area contributed by atoms with Gasteiger partial charge in [0.1, 0.15) is 5.75 Å². The van der Waals surface area contributed by atoms with Crippen molar-refractivity contribution in [1.82, 2.24) is 0 Å². The lowest BCUT2D eigenvalue weighted by Gasteiger charge is -2.53. The Kier molecular flexibility index (Phi) is 4.50. The number of esters is 1. The second kappa shape index (κ2) is 6.48. The van der Waals surface area contributed by atoms with Crippen LogP contribution in [-0.2, 0) is 11.2 Å². The second-order valence-electron chi connectivity index (χ2n) is 9.53. The highest BCUT2D eigenvalue weighted by Gasteiger charge is 2.61. The third kappa shape index (κ3) is 2.95. The Morgan fingerprint density at radius 1 is 1.26 bits per heavy atom. The molecule has 3 heteroatoms. The van der Waals surface area contributed by atoms with E-state index in [0.29, 0.717) is 23.5 Å². The van der Waals surface area contributed by atoms with Gasteiger partial charge in [-0.2, -0.15) is 0 Å². The minimum Gasteiger partial charge on any atom is -0.427 e. The largest absolute Gasteiger partial charge is 0.427 e. The Bertz CT molecular complexity index is 782. The van der Waals surface area contributed by atoms with Gasteiger partial charge in [-0.1, -0.05) is 18.6 Å². The molecule has 1 N–H and O–H groups in total. The molecule has 2 saturated carbocycles. The van der Waals surface area contributed by atoms with Crippen LogP contribution in [0.15, 0.2) is 30.4 Å². The summed E-state index contributed by atoms with van der Waals surface area (Å²) in [6.07, 6.45) is 7.19. The van der Waals surface area contributed by atoms with Gasteiger partial charge in [0.25, 0.3) is 0 Å².